The molecule has 5 rings (SSSR count). The zero-order valence-electron chi connectivity index (χ0n) is 17.5. The summed E-state index contributed by atoms with van der Waals surface area (Å²) in [5.74, 6) is 0.479. The van der Waals surface area contributed by atoms with E-state index in [4.69, 9.17) is 16.1 Å². The van der Waals surface area contributed by atoms with Crippen LogP contribution in [-0.2, 0) is 11.2 Å². The van der Waals surface area contributed by atoms with Crippen LogP contribution in [0.15, 0.2) is 59.1 Å². The smallest absolute Gasteiger partial charge is 0.276 e. The van der Waals surface area contributed by atoms with Crippen molar-refractivity contribution in [3.8, 4) is 11.3 Å². The third kappa shape index (κ3) is 4.13. The molecule has 1 aromatic heterocycles. The molecule has 1 fully saturated rings. The number of nitrogens with zero attached hydrogens (tertiary/aromatic N) is 4. The molecule has 7 nitrogen and oxygen atoms in total. The number of aromatic nitrogens is 1. The van der Waals surface area contributed by atoms with Crippen molar-refractivity contribution < 1.29 is 14.1 Å². The number of amides is 2. The normalized spacial score (nSPS) is 16.3. The number of halogens is 1. The van der Waals surface area contributed by atoms with Gasteiger partial charge < -0.3 is 14.3 Å². The SMILES string of the molecule is O=C(c1cc(-c2ccc(Cl)cc2)on1)N1CCN(CC(=O)N2CCc3ccccc32)CC1. The first-order valence-corrected chi connectivity index (χ1v) is 11.1. The summed E-state index contributed by atoms with van der Waals surface area (Å²) in [6.45, 7) is 3.49. The lowest BCUT2D eigenvalue weighted by Crippen LogP contribution is -2.51. The monoisotopic (exact) mass is 450 g/mol. The Hall–Kier alpha value is -3.16. The van der Waals surface area contributed by atoms with Crippen molar-refractivity contribution >= 4 is 29.1 Å². The molecular weight excluding hydrogens is 428 g/mol. The second kappa shape index (κ2) is 8.76. The number of carbonyl (C=O) groups is 2. The van der Waals surface area contributed by atoms with Crippen molar-refractivity contribution in [1.29, 1.82) is 0 Å². The zero-order valence-corrected chi connectivity index (χ0v) is 18.3. The van der Waals surface area contributed by atoms with Gasteiger partial charge in [0.05, 0.1) is 6.54 Å². The number of para-hydroxylation sites is 1. The van der Waals surface area contributed by atoms with E-state index in [2.05, 4.69) is 16.1 Å². The van der Waals surface area contributed by atoms with Crippen molar-refractivity contribution in [3.63, 3.8) is 0 Å². The minimum absolute atomic E-state index is 0.110. The van der Waals surface area contributed by atoms with Crippen molar-refractivity contribution in [2.45, 2.75) is 6.42 Å². The number of fused-ring (bicyclic) bond motifs is 1. The number of hydrogen-bond donors (Lipinski definition) is 0. The molecule has 0 atom stereocenters. The molecule has 0 bridgehead atoms. The molecule has 2 aliphatic heterocycles. The van der Waals surface area contributed by atoms with Crippen molar-refractivity contribution in [2.24, 2.45) is 0 Å². The zero-order chi connectivity index (χ0) is 22.1. The molecule has 0 spiro atoms. The van der Waals surface area contributed by atoms with Crippen LogP contribution in [0.3, 0.4) is 0 Å². The fourth-order valence-electron chi connectivity index (χ4n) is 4.27. The van der Waals surface area contributed by atoms with Gasteiger partial charge in [0.1, 0.15) is 0 Å². The summed E-state index contributed by atoms with van der Waals surface area (Å²) in [6.07, 6.45) is 0.903. The molecule has 3 heterocycles. The number of carbonyl (C=O) groups excluding carboxylic acids is 2. The Bertz CT molecular complexity index is 1140. The predicted molar refractivity (Wildman–Crippen MR) is 122 cm³/mol. The minimum atomic E-state index is -0.159. The highest BCUT2D eigenvalue weighted by molar-refractivity contribution is 6.30. The summed E-state index contributed by atoms with van der Waals surface area (Å²) >= 11 is 5.92. The molecule has 164 valence electrons. The number of rotatable bonds is 4. The van der Waals surface area contributed by atoms with Gasteiger partial charge in [0, 0.05) is 55.1 Å². The molecule has 0 radical (unpaired) electrons. The maximum absolute atomic E-state index is 12.9. The first-order chi connectivity index (χ1) is 15.6. The van der Waals surface area contributed by atoms with E-state index in [-0.39, 0.29) is 17.5 Å². The van der Waals surface area contributed by atoms with E-state index in [1.807, 2.05) is 35.2 Å². The number of benzene rings is 2. The van der Waals surface area contributed by atoms with Gasteiger partial charge in [-0.25, -0.2) is 0 Å². The average Bonchev–Trinajstić information content (AvgIpc) is 3.47. The van der Waals surface area contributed by atoms with Crippen molar-refractivity contribution in [3.05, 3.63) is 70.9 Å². The van der Waals surface area contributed by atoms with E-state index in [9.17, 15) is 9.59 Å². The second-order valence-electron chi connectivity index (χ2n) is 8.08. The van der Waals surface area contributed by atoms with Gasteiger partial charge in [0.15, 0.2) is 11.5 Å². The Morgan fingerprint density at radius 3 is 2.50 bits per heavy atom. The maximum atomic E-state index is 12.9. The van der Waals surface area contributed by atoms with E-state index in [0.29, 0.717) is 43.5 Å². The van der Waals surface area contributed by atoms with Crippen LogP contribution in [0.1, 0.15) is 16.1 Å². The quantitative estimate of drug-likeness (QED) is 0.609. The highest BCUT2D eigenvalue weighted by Gasteiger charge is 2.29. The van der Waals surface area contributed by atoms with E-state index in [0.717, 1.165) is 24.2 Å². The fourth-order valence-corrected chi connectivity index (χ4v) is 4.40. The summed E-state index contributed by atoms with van der Waals surface area (Å²) in [5, 5.41) is 4.59. The summed E-state index contributed by atoms with van der Waals surface area (Å²) in [7, 11) is 0. The maximum Gasteiger partial charge on any atom is 0.276 e. The summed E-state index contributed by atoms with van der Waals surface area (Å²) in [6, 6.07) is 16.9. The molecule has 0 unspecified atom stereocenters. The van der Waals surface area contributed by atoms with Crippen LogP contribution in [0.2, 0.25) is 5.02 Å². The molecule has 0 N–H and O–H groups in total. The fraction of sp³-hybridized carbons (Fsp3) is 0.292. The Kier molecular flexibility index (Phi) is 5.68. The van der Waals surface area contributed by atoms with Crippen molar-refractivity contribution in [2.75, 3.05) is 44.2 Å². The van der Waals surface area contributed by atoms with Crippen LogP contribution in [0.4, 0.5) is 5.69 Å². The Labute approximate surface area is 191 Å². The highest BCUT2D eigenvalue weighted by atomic mass is 35.5. The molecule has 0 saturated carbocycles. The van der Waals surface area contributed by atoms with Crippen LogP contribution in [0.25, 0.3) is 11.3 Å². The number of piperazine rings is 1. The predicted octanol–water partition coefficient (Wildman–Crippen LogP) is 3.34. The average molecular weight is 451 g/mol. The summed E-state index contributed by atoms with van der Waals surface area (Å²) < 4.78 is 5.36. The Morgan fingerprint density at radius 2 is 1.72 bits per heavy atom. The molecule has 0 aliphatic carbocycles. The van der Waals surface area contributed by atoms with E-state index in [1.54, 1.807) is 23.1 Å². The highest BCUT2D eigenvalue weighted by Crippen LogP contribution is 2.27. The lowest BCUT2D eigenvalue weighted by atomic mass is 10.1. The van der Waals surface area contributed by atoms with Gasteiger partial charge in [-0.05, 0) is 42.3 Å². The van der Waals surface area contributed by atoms with E-state index in [1.165, 1.54) is 5.56 Å². The molecule has 8 heteroatoms. The molecule has 2 aliphatic rings. The van der Waals surface area contributed by atoms with E-state index >= 15 is 0 Å². The van der Waals surface area contributed by atoms with Gasteiger partial charge in [-0.15, -0.1) is 0 Å². The van der Waals surface area contributed by atoms with E-state index < -0.39 is 0 Å². The first-order valence-electron chi connectivity index (χ1n) is 10.7. The molecule has 1 saturated heterocycles. The standard InChI is InChI=1S/C24H23ClN4O3/c25-19-7-5-18(6-8-19)22-15-20(26-32-22)24(31)28-13-11-27(12-14-28)16-23(30)29-10-9-17-3-1-2-4-21(17)29/h1-8,15H,9-14,16H2. The Morgan fingerprint density at radius 1 is 0.969 bits per heavy atom. The van der Waals surface area contributed by atoms with Gasteiger partial charge in [-0.1, -0.05) is 35.0 Å². The van der Waals surface area contributed by atoms with Gasteiger partial charge in [0.25, 0.3) is 5.91 Å². The molecule has 2 amide bonds. The lowest BCUT2D eigenvalue weighted by Gasteiger charge is -2.34. The van der Waals surface area contributed by atoms with Gasteiger partial charge >= 0.3 is 0 Å². The summed E-state index contributed by atoms with van der Waals surface area (Å²) in [4.78, 5) is 31.4. The third-order valence-corrected chi connectivity index (χ3v) is 6.32. The molecule has 2 aromatic carbocycles. The van der Waals surface area contributed by atoms with Crippen LogP contribution < -0.4 is 4.90 Å². The van der Waals surface area contributed by atoms with Gasteiger partial charge in [-0.2, -0.15) is 0 Å². The van der Waals surface area contributed by atoms with Crippen molar-refractivity contribution in [1.82, 2.24) is 15.0 Å². The summed E-state index contributed by atoms with van der Waals surface area (Å²) in [5.41, 5.74) is 3.34. The number of hydrogen-bond acceptors (Lipinski definition) is 5. The third-order valence-electron chi connectivity index (χ3n) is 6.06. The largest absolute Gasteiger partial charge is 0.355 e. The lowest BCUT2D eigenvalue weighted by molar-refractivity contribution is -0.120. The molecule has 32 heavy (non-hydrogen) atoms. The topological polar surface area (TPSA) is 69.9 Å². The second-order valence-corrected chi connectivity index (χ2v) is 8.51. The van der Waals surface area contributed by atoms with Crippen LogP contribution in [-0.4, -0.2) is 66.0 Å². The molecule has 3 aromatic rings. The Balaban J connectivity index is 1.16. The van der Waals surface area contributed by atoms with Gasteiger partial charge in [-0.3, -0.25) is 14.5 Å². The van der Waals surface area contributed by atoms with Crippen LogP contribution >= 0.6 is 11.6 Å². The first kappa shape index (κ1) is 20.7. The number of anilines is 1. The van der Waals surface area contributed by atoms with Crippen LogP contribution in [0.5, 0.6) is 0 Å². The van der Waals surface area contributed by atoms with Gasteiger partial charge in [0.2, 0.25) is 5.91 Å². The molecular formula is C24H23ClN4O3. The van der Waals surface area contributed by atoms with Crippen LogP contribution in [0, 0.1) is 0 Å². The minimum Gasteiger partial charge on any atom is -0.355 e.